The second-order valence-corrected chi connectivity index (χ2v) is 3.31. The van der Waals surface area contributed by atoms with Crippen molar-refractivity contribution in [3.8, 4) is 0 Å². The van der Waals surface area contributed by atoms with Crippen molar-refractivity contribution in [1.29, 1.82) is 0 Å². The molecule has 0 unspecified atom stereocenters. The monoisotopic (exact) mass is 173 g/mol. The van der Waals surface area contributed by atoms with Gasteiger partial charge in [0.05, 0.1) is 12.3 Å². The highest BCUT2D eigenvalue weighted by Gasteiger charge is 1.98. The summed E-state index contributed by atoms with van der Waals surface area (Å²) in [5, 5.41) is 12.3. The normalized spacial score (nSPS) is 10.4. The lowest BCUT2D eigenvalue weighted by Gasteiger charge is -1.91. The highest BCUT2D eigenvalue weighted by Crippen LogP contribution is 2.10. The van der Waals surface area contributed by atoms with E-state index in [1.807, 2.05) is 13.0 Å². The number of aliphatic hydroxyl groups excluding tert-OH is 1. The number of hydrogen-bond donors (Lipinski definition) is 1. The van der Waals surface area contributed by atoms with Gasteiger partial charge in [0.25, 0.3) is 0 Å². The van der Waals surface area contributed by atoms with Gasteiger partial charge < -0.3 is 9.63 Å². The number of aryl methyl sites for hydroxylation is 1. The Kier molecular flexibility index (Phi) is 3.45. The van der Waals surface area contributed by atoms with E-state index in [0.717, 1.165) is 23.0 Å². The van der Waals surface area contributed by atoms with Crippen LogP contribution in [0.4, 0.5) is 0 Å². The van der Waals surface area contributed by atoms with Gasteiger partial charge in [-0.3, -0.25) is 0 Å². The summed E-state index contributed by atoms with van der Waals surface area (Å²) in [5.41, 5.74) is 0.945. The maximum Gasteiger partial charge on any atom is 0.133 e. The maximum atomic E-state index is 8.48. The lowest BCUT2D eigenvalue weighted by atomic mass is 10.4. The van der Waals surface area contributed by atoms with Gasteiger partial charge >= 0.3 is 0 Å². The van der Waals surface area contributed by atoms with Crippen molar-refractivity contribution in [2.24, 2.45) is 0 Å². The van der Waals surface area contributed by atoms with Crippen molar-refractivity contribution in [2.45, 2.75) is 12.7 Å². The Morgan fingerprint density at radius 3 is 3.09 bits per heavy atom. The number of hydrogen-bond acceptors (Lipinski definition) is 4. The average molecular weight is 173 g/mol. The summed E-state index contributed by atoms with van der Waals surface area (Å²) in [4.78, 5) is 0. The van der Waals surface area contributed by atoms with Gasteiger partial charge in [-0.15, -0.1) is 0 Å². The molecule has 0 aliphatic rings. The van der Waals surface area contributed by atoms with E-state index in [-0.39, 0.29) is 6.61 Å². The van der Waals surface area contributed by atoms with Crippen LogP contribution in [0.1, 0.15) is 11.5 Å². The van der Waals surface area contributed by atoms with E-state index < -0.39 is 0 Å². The SMILES string of the molecule is Cc1cc(CSCCO)no1. The lowest BCUT2D eigenvalue weighted by molar-refractivity contribution is 0.322. The predicted molar refractivity (Wildman–Crippen MR) is 44.5 cm³/mol. The minimum absolute atomic E-state index is 0.224. The largest absolute Gasteiger partial charge is 0.396 e. The number of thioether (sulfide) groups is 1. The lowest BCUT2D eigenvalue weighted by Crippen LogP contribution is -1.87. The molecule has 0 aliphatic heterocycles. The smallest absolute Gasteiger partial charge is 0.133 e. The van der Waals surface area contributed by atoms with Gasteiger partial charge in [-0.25, -0.2) is 0 Å². The molecule has 1 N–H and O–H groups in total. The number of aromatic nitrogens is 1. The van der Waals surface area contributed by atoms with E-state index >= 15 is 0 Å². The molecular weight excluding hydrogens is 162 g/mol. The second-order valence-electron chi connectivity index (χ2n) is 2.21. The molecule has 0 aliphatic carbocycles. The Balaban J connectivity index is 2.27. The predicted octanol–water partition coefficient (Wildman–Crippen LogP) is 1.21. The number of rotatable bonds is 4. The highest BCUT2D eigenvalue weighted by molar-refractivity contribution is 7.98. The third-order valence-electron chi connectivity index (χ3n) is 1.16. The minimum Gasteiger partial charge on any atom is -0.396 e. The molecule has 1 rings (SSSR count). The van der Waals surface area contributed by atoms with Crippen LogP contribution in [0.25, 0.3) is 0 Å². The van der Waals surface area contributed by atoms with Gasteiger partial charge in [-0.2, -0.15) is 11.8 Å². The summed E-state index contributed by atoms with van der Waals surface area (Å²) >= 11 is 1.65. The van der Waals surface area contributed by atoms with Crippen LogP contribution >= 0.6 is 11.8 Å². The Hall–Kier alpha value is -0.480. The van der Waals surface area contributed by atoms with Crippen molar-refractivity contribution < 1.29 is 9.63 Å². The van der Waals surface area contributed by atoms with E-state index in [2.05, 4.69) is 5.16 Å². The minimum atomic E-state index is 0.224. The molecule has 1 aromatic rings. The van der Waals surface area contributed by atoms with E-state index in [9.17, 15) is 0 Å². The fraction of sp³-hybridized carbons (Fsp3) is 0.571. The third kappa shape index (κ3) is 2.95. The summed E-state index contributed by atoms with van der Waals surface area (Å²) in [6, 6.07) is 1.91. The molecule has 3 nitrogen and oxygen atoms in total. The number of aliphatic hydroxyl groups is 1. The topological polar surface area (TPSA) is 46.3 Å². The summed E-state index contributed by atoms with van der Waals surface area (Å²) < 4.78 is 4.87. The molecule has 0 bridgehead atoms. The van der Waals surface area contributed by atoms with Crippen LogP contribution in [-0.2, 0) is 5.75 Å². The molecule has 0 amide bonds. The van der Waals surface area contributed by atoms with Crippen LogP contribution in [0.15, 0.2) is 10.6 Å². The van der Waals surface area contributed by atoms with E-state index in [4.69, 9.17) is 9.63 Å². The molecule has 0 fully saturated rings. The quantitative estimate of drug-likeness (QED) is 0.695. The molecular formula is C7H11NO2S. The Labute approximate surface area is 69.8 Å². The molecule has 62 valence electrons. The van der Waals surface area contributed by atoms with E-state index in [0.29, 0.717) is 0 Å². The van der Waals surface area contributed by atoms with Crippen molar-refractivity contribution in [3.63, 3.8) is 0 Å². The highest BCUT2D eigenvalue weighted by atomic mass is 32.2. The molecule has 0 saturated carbocycles. The molecule has 0 aromatic carbocycles. The molecule has 0 radical (unpaired) electrons. The van der Waals surface area contributed by atoms with Crippen LogP contribution in [0.3, 0.4) is 0 Å². The van der Waals surface area contributed by atoms with Gasteiger partial charge in [0.1, 0.15) is 5.76 Å². The molecule has 0 atom stereocenters. The first-order valence-corrected chi connectivity index (χ1v) is 4.59. The zero-order chi connectivity index (χ0) is 8.10. The first-order valence-electron chi connectivity index (χ1n) is 3.43. The molecule has 0 spiro atoms. The number of nitrogens with zero attached hydrogens (tertiary/aromatic N) is 1. The molecule has 1 heterocycles. The molecule has 4 heteroatoms. The molecule has 0 saturated heterocycles. The summed E-state index contributed by atoms with van der Waals surface area (Å²) in [7, 11) is 0. The van der Waals surface area contributed by atoms with Crippen molar-refractivity contribution in [2.75, 3.05) is 12.4 Å². The summed E-state index contributed by atoms with van der Waals surface area (Å²) in [5.74, 6) is 2.41. The van der Waals surface area contributed by atoms with Crippen LogP contribution in [-0.4, -0.2) is 22.6 Å². The van der Waals surface area contributed by atoms with Gasteiger partial charge in [0.15, 0.2) is 0 Å². The van der Waals surface area contributed by atoms with Crippen molar-refractivity contribution >= 4 is 11.8 Å². The van der Waals surface area contributed by atoms with Crippen LogP contribution in [0.2, 0.25) is 0 Å². The third-order valence-corrected chi connectivity index (χ3v) is 2.13. The zero-order valence-electron chi connectivity index (χ0n) is 6.41. The van der Waals surface area contributed by atoms with Gasteiger partial charge in [0.2, 0.25) is 0 Å². The van der Waals surface area contributed by atoms with Crippen LogP contribution in [0.5, 0.6) is 0 Å². The molecule has 11 heavy (non-hydrogen) atoms. The van der Waals surface area contributed by atoms with Crippen molar-refractivity contribution in [3.05, 3.63) is 17.5 Å². The fourth-order valence-corrected chi connectivity index (χ4v) is 1.35. The van der Waals surface area contributed by atoms with Crippen molar-refractivity contribution in [1.82, 2.24) is 5.16 Å². The van der Waals surface area contributed by atoms with E-state index in [1.54, 1.807) is 11.8 Å². The van der Waals surface area contributed by atoms with Crippen LogP contribution in [0, 0.1) is 6.92 Å². The van der Waals surface area contributed by atoms with E-state index in [1.165, 1.54) is 0 Å². The maximum absolute atomic E-state index is 8.48. The fourth-order valence-electron chi connectivity index (χ4n) is 0.727. The summed E-state index contributed by atoms with van der Waals surface area (Å²) in [6.45, 7) is 2.09. The standard InChI is InChI=1S/C7H11NO2S/c1-6-4-7(8-10-6)5-11-3-2-9/h4,9H,2-3,5H2,1H3. The second kappa shape index (κ2) is 4.41. The van der Waals surface area contributed by atoms with Crippen LogP contribution < -0.4 is 0 Å². The first-order chi connectivity index (χ1) is 5.33. The zero-order valence-corrected chi connectivity index (χ0v) is 7.23. The van der Waals surface area contributed by atoms with Gasteiger partial charge in [-0.05, 0) is 6.92 Å². The van der Waals surface area contributed by atoms with Gasteiger partial charge in [0, 0.05) is 17.6 Å². The Morgan fingerprint density at radius 1 is 1.73 bits per heavy atom. The Bertz CT molecular complexity index is 212. The molecule has 1 aromatic heterocycles. The summed E-state index contributed by atoms with van der Waals surface area (Å²) in [6.07, 6.45) is 0. The Morgan fingerprint density at radius 2 is 2.55 bits per heavy atom. The first kappa shape index (κ1) is 8.62. The average Bonchev–Trinajstić information content (AvgIpc) is 2.37. The van der Waals surface area contributed by atoms with Gasteiger partial charge in [-0.1, -0.05) is 5.16 Å².